The van der Waals surface area contributed by atoms with E-state index in [1.54, 1.807) is 11.8 Å². The van der Waals surface area contributed by atoms with Gasteiger partial charge in [-0.2, -0.15) is 0 Å². The van der Waals surface area contributed by atoms with Crippen LogP contribution in [0, 0.1) is 0 Å². The van der Waals surface area contributed by atoms with Crippen LogP contribution in [0.3, 0.4) is 0 Å². The van der Waals surface area contributed by atoms with E-state index in [1.165, 1.54) is 0 Å². The summed E-state index contributed by atoms with van der Waals surface area (Å²) in [5.41, 5.74) is 0. The quantitative estimate of drug-likeness (QED) is 0.678. The first-order chi connectivity index (χ1) is 7.75. The minimum Gasteiger partial charge on any atom is -0.394 e. The second-order valence-corrected chi connectivity index (χ2v) is 3.66. The molecule has 1 aliphatic rings. The van der Waals surface area contributed by atoms with Gasteiger partial charge in [0.05, 0.1) is 25.9 Å². The van der Waals surface area contributed by atoms with Crippen LogP contribution in [0.1, 0.15) is 13.3 Å². The zero-order valence-electron chi connectivity index (χ0n) is 9.63. The summed E-state index contributed by atoms with van der Waals surface area (Å²) in [6.45, 7) is 2.95. The fourth-order valence-corrected chi connectivity index (χ4v) is 1.68. The van der Waals surface area contributed by atoms with E-state index in [9.17, 15) is 4.79 Å². The SMILES string of the molecule is CC(=O)N(CCOCCO)C1C=CC=CC1. The molecule has 4 heteroatoms. The predicted octanol–water partition coefficient (Wildman–Crippen LogP) is 0.728. The molecular weight excluding hydrogens is 206 g/mol. The second kappa shape index (κ2) is 7.19. The van der Waals surface area contributed by atoms with E-state index < -0.39 is 0 Å². The van der Waals surface area contributed by atoms with Crippen molar-refractivity contribution >= 4 is 5.91 Å². The van der Waals surface area contributed by atoms with Crippen molar-refractivity contribution in [3.8, 4) is 0 Å². The molecule has 1 N–H and O–H groups in total. The smallest absolute Gasteiger partial charge is 0.220 e. The lowest BCUT2D eigenvalue weighted by Gasteiger charge is -2.29. The van der Waals surface area contributed by atoms with Crippen molar-refractivity contribution in [3.05, 3.63) is 24.3 Å². The molecular formula is C12H19NO3. The number of rotatable bonds is 6. The normalized spacial score (nSPS) is 18.8. The number of aliphatic hydroxyl groups is 1. The summed E-state index contributed by atoms with van der Waals surface area (Å²) in [6.07, 6.45) is 8.87. The van der Waals surface area contributed by atoms with Crippen LogP contribution in [-0.2, 0) is 9.53 Å². The Morgan fingerprint density at radius 2 is 2.31 bits per heavy atom. The van der Waals surface area contributed by atoms with Gasteiger partial charge in [-0.15, -0.1) is 0 Å². The molecule has 0 saturated heterocycles. The van der Waals surface area contributed by atoms with Crippen LogP contribution in [0.25, 0.3) is 0 Å². The number of hydrogen-bond donors (Lipinski definition) is 1. The van der Waals surface area contributed by atoms with Crippen LogP contribution in [0.5, 0.6) is 0 Å². The maximum Gasteiger partial charge on any atom is 0.220 e. The Morgan fingerprint density at radius 1 is 1.50 bits per heavy atom. The fourth-order valence-electron chi connectivity index (χ4n) is 1.68. The van der Waals surface area contributed by atoms with E-state index in [4.69, 9.17) is 9.84 Å². The summed E-state index contributed by atoms with van der Waals surface area (Å²) in [4.78, 5) is 13.3. The molecule has 0 aromatic carbocycles. The van der Waals surface area contributed by atoms with E-state index in [-0.39, 0.29) is 18.6 Å². The zero-order valence-corrected chi connectivity index (χ0v) is 9.63. The maximum absolute atomic E-state index is 11.5. The lowest BCUT2D eigenvalue weighted by molar-refractivity contribution is -0.131. The summed E-state index contributed by atoms with van der Waals surface area (Å²) in [6, 6.07) is 0.139. The highest BCUT2D eigenvalue weighted by Gasteiger charge is 2.17. The molecule has 90 valence electrons. The van der Waals surface area contributed by atoms with Crippen LogP contribution < -0.4 is 0 Å². The van der Waals surface area contributed by atoms with Crippen molar-refractivity contribution in [2.24, 2.45) is 0 Å². The highest BCUT2D eigenvalue weighted by Crippen LogP contribution is 2.11. The van der Waals surface area contributed by atoms with Crippen molar-refractivity contribution in [2.75, 3.05) is 26.4 Å². The lowest BCUT2D eigenvalue weighted by Crippen LogP contribution is -2.40. The van der Waals surface area contributed by atoms with E-state index >= 15 is 0 Å². The second-order valence-electron chi connectivity index (χ2n) is 3.66. The van der Waals surface area contributed by atoms with Crippen LogP contribution in [-0.4, -0.2) is 48.3 Å². The van der Waals surface area contributed by atoms with Gasteiger partial charge < -0.3 is 14.7 Å². The van der Waals surface area contributed by atoms with Crippen LogP contribution in [0.15, 0.2) is 24.3 Å². The average Bonchev–Trinajstić information content (AvgIpc) is 2.30. The molecule has 4 nitrogen and oxygen atoms in total. The van der Waals surface area contributed by atoms with Gasteiger partial charge in [-0.3, -0.25) is 4.79 Å². The maximum atomic E-state index is 11.5. The van der Waals surface area contributed by atoms with Crippen molar-refractivity contribution in [3.63, 3.8) is 0 Å². The molecule has 0 aliphatic heterocycles. The van der Waals surface area contributed by atoms with Gasteiger partial charge in [0.1, 0.15) is 0 Å². The topological polar surface area (TPSA) is 49.8 Å². The van der Waals surface area contributed by atoms with Crippen LogP contribution >= 0.6 is 0 Å². The molecule has 16 heavy (non-hydrogen) atoms. The number of allylic oxidation sites excluding steroid dienone is 2. The molecule has 0 bridgehead atoms. The monoisotopic (exact) mass is 225 g/mol. The molecule has 1 unspecified atom stereocenters. The first-order valence-electron chi connectivity index (χ1n) is 5.55. The predicted molar refractivity (Wildman–Crippen MR) is 62.0 cm³/mol. The van der Waals surface area contributed by atoms with Gasteiger partial charge in [-0.1, -0.05) is 24.3 Å². The lowest BCUT2D eigenvalue weighted by atomic mass is 10.1. The molecule has 1 amide bonds. The Kier molecular flexibility index (Phi) is 5.82. The van der Waals surface area contributed by atoms with E-state index in [0.29, 0.717) is 19.8 Å². The Morgan fingerprint density at radius 3 is 2.88 bits per heavy atom. The van der Waals surface area contributed by atoms with Crippen molar-refractivity contribution < 1.29 is 14.6 Å². The summed E-state index contributed by atoms with van der Waals surface area (Å²) in [5, 5.41) is 8.56. The molecule has 1 aliphatic carbocycles. The third-order valence-electron chi connectivity index (χ3n) is 2.47. The fraction of sp³-hybridized carbons (Fsp3) is 0.583. The average molecular weight is 225 g/mol. The summed E-state index contributed by atoms with van der Waals surface area (Å²) >= 11 is 0. The third kappa shape index (κ3) is 4.16. The number of ether oxygens (including phenoxy) is 1. The molecule has 1 atom stereocenters. The molecule has 0 heterocycles. The van der Waals surface area contributed by atoms with Crippen molar-refractivity contribution in [1.29, 1.82) is 0 Å². The number of hydrogen-bond acceptors (Lipinski definition) is 3. The van der Waals surface area contributed by atoms with Crippen molar-refractivity contribution in [1.82, 2.24) is 4.90 Å². The minimum absolute atomic E-state index is 0.0200. The number of amides is 1. The van der Waals surface area contributed by atoms with Gasteiger partial charge in [0.2, 0.25) is 5.91 Å². The first kappa shape index (κ1) is 12.9. The molecule has 0 fully saturated rings. The number of aliphatic hydroxyl groups excluding tert-OH is 1. The molecule has 0 radical (unpaired) electrons. The summed E-state index contributed by atoms with van der Waals surface area (Å²) < 4.78 is 5.17. The Balaban J connectivity index is 2.38. The van der Waals surface area contributed by atoms with Crippen LogP contribution in [0.2, 0.25) is 0 Å². The third-order valence-corrected chi connectivity index (χ3v) is 2.47. The number of carbonyl (C=O) groups is 1. The van der Waals surface area contributed by atoms with Gasteiger partial charge in [0.15, 0.2) is 0 Å². The van der Waals surface area contributed by atoms with E-state index in [1.807, 2.05) is 18.2 Å². The highest BCUT2D eigenvalue weighted by molar-refractivity contribution is 5.74. The van der Waals surface area contributed by atoms with Gasteiger partial charge in [0, 0.05) is 13.5 Å². The number of nitrogens with zero attached hydrogens (tertiary/aromatic N) is 1. The minimum atomic E-state index is 0.0200. The molecule has 0 aromatic rings. The van der Waals surface area contributed by atoms with E-state index in [2.05, 4.69) is 6.08 Å². The number of carbonyl (C=O) groups excluding carboxylic acids is 1. The zero-order chi connectivity index (χ0) is 11.8. The van der Waals surface area contributed by atoms with Gasteiger partial charge in [-0.05, 0) is 6.42 Å². The Bertz CT molecular complexity index is 273. The van der Waals surface area contributed by atoms with Gasteiger partial charge >= 0.3 is 0 Å². The Labute approximate surface area is 96.2 Å². The molecule has 0 saturated carbocycles. The summed E-state index contributed by atoms with van der Waals surface area (Å²) in [7, 11) is 0. The van der Waals surface area contributed by atoms with Gasteiger partial charge in [0.25, 0.3) is 0 Å². The van der Waals surface area contributed by atoms with Crippen LogP contribution in [0.4, 0.5) is 0 Å². The van der Waals surface area contributed by atoms with E-state index in [0.717, 1.165) is 6.42 Å². The summed E-state index contributed by atoms with van der Waals surface area (Å²) in [5.74, 6) is 0.0533. The molecule has 0 spiro atoms. The highest BCUT2D eigenvalue weighted by atomic mass is 16.5. The standard InChI is InChI=1S/C12H19NO3/c1-11(15)13(7-9-16-10-8-14)12-5-3-2-4-6-12/h2-5,12,14H,6-10H2,1H3. The molecule has 0 aromatic heterocycles. The molecule has 1 rings (SSSR count). The Hall–Kier alpha value is -1.13. The van der Waals surface area contributed by atoms with Gasteiger partial charge in [-0.25, -0.2) is 0 Å². The first-order valence-corrected chi connectivity index (χ1v) is 5.55. The largest absolute Gasteiger partial charge is 0.394 e. The van der Waals surface area contributed by atoms with Crippen molar-refractivity contribution in [2.45, 2.75) is 19.4 Å².